The molecule has 6 nitrogen and oxygen atoms in total. The predicted molar refractivity (Wildman–Crippen MR) is 121 cm³/mol. The van der Waals surface area contributed by atoms with E-state index in [4.69, 9.17) is 16.3 Å². The number of pyridine rings is 1. The van der Waals surface area contributed by atoms with Gasteiger partial charge in [-0.1, -0.05) is 47.5 Å². The molecule has 32 heavy (non-hydrogen) atoms. The first kappa shape index (κ1) is 21.6. The summed E-state index contributed by atoms with van der Waals surface area (Å²) in [5.74, 6) is -1.27. The molecule has 1 atom stereocenters. The molecule has 4 rings (SSSR count). The molecule has 1 N–H and O–H groups in total. The minimum Gasteiger partial charge on any atom is -0.507 e. The molecule has 0 aliphatic carbocycles. The Morgan fingerprint density at radius 2 is 1.91 bits per heavy atom. The van der Waals surface area contributed by atoms with Crippen LogP contribution in [0.15, 0.2) is 72.6 Å². The summed E-state index contributed by atoms with van der Waals surface area (Å²) in [4.78, 5) is 31.7. The number of aliphatic hydroxyl groups excluding tert-OH is 1. The van der Waals surface area contributed by atoms with Crippen molar-refractivity contribution >= 4 is 29.1 Å². The van der Waals surface area contributed by atoms with Crippen molar-refractivity contribution in [3.05, 3.63) is 99.8 Å². The van der Waals surface area contributed by atoms with E-state index in [1.807, 2.05) is 37.3 Å². The number of carbonyl (C=O) groups is 2. The van der Waals surface area contributed by atoms with Crippen LogP contribution in [-0.2, 0) is 16.1 Å². The number of hydrogen-bond acceptors (Lipinski definition) is 5. The number of methoxy groups -OCH3 is 1. The Bertz CT molecular complexity index is 1210. The van der Waals surface area contributed by atoms with E-state index in [9.17, 15) is 14.7 Å². The SMILES string of the molecule is COc1ccc(C(O)=C2C(=O)C(=O)N(Cc3cccnc3)[C@H]2c2ccc(C)cc2)cc1Cl. The Morgan fingerprint density at radius 3 is 2.53 bits per heavy atom. The Labute approximate surface area is 190 Å². The van der Waals surface area contributed by atoms with Gasteiger partial charge in [-0.25, -0.2) is 0 Å². The van der Waals surface area contributed by atoms with Crippen molar-refractivity contribution in [3.8, 4) is 5.75 Å². The third-order valence-corrected chi connectivity index (χ3v) is 5.73. The second-order valence-corrected chi connectivity index (χ2v) is 7.96. The number of carbonyl (C=O) groups excluding carboxylic acids is 2. The number of ether oxygens (including phenoxy) is 1. The highest BCUT2D eigenvalue weighted by Gasteiger charge is 2.46. The zero-order valence-corrected chi connectivity index (χ0v) is 18.3. The monoisotopic (exact) mass is 448 g/mol. The molecule has 0 saturated carbocycles. The van der Waals surface area contributed by atoms with Gasteiger partial charge in [0.1, 0.15) is 11.5 Å². The van der Waals surface area contributed by atoms with Gasteiger partial charge in [0, 0.05) is 24.5 Å². The maximum absolute atomic E-state index is 13.1. The van der Waals surface area contributed by atoms with Crippen LogP contribution in [0.2, 0.25) is 5.02 Å². The van der Waals surface area contributed by atoms with Crippen LogP contribution in [-0.4, -0.2) is 33.8 Å². The van der Waals surface area contributed by atoms with E-state index in [-0.39, 0.29) is 22.9 Å². The Kier molecular flexibility index (Phi) is 5.97. The van der Waals surface area contributed by atoms with Gasteiger partial charge in [-0.05, 0) is 42.3 Å². The number of likely N-dealkylation sites (tertiary alicyclic amines) is 1. The van der Waals surface area contributed by atoms with Gasteiger partial charge in [0.15, 0.2) is 0 Å². The smallest absolute Gasteiger partial charge is 0.295 e. The van der Waals surface area contributed by atoms with Gasteiger partial charge in [0.05, 0.1) is 23.7 Å². The van der Waals surface area contributed by atoms with Gasteiger partial charge in [-0.15, -0.1) is 0 Å². The normalized spacial score (nSPS) is 17.6. The van der Waals surface area contributed by atoms with E-state index in [1.165, 1.54) is 18.1 Å². The fourth-order valence-electron chi connectivity index (χ4n) is 3.80. The molecule has 1 aliphatic heterocycles. The van der Waals surface area contributed by atoms with Crippen LogP contribution in [0.5, 0.6) is 5.75 Å². The van der Waals surface area contributed by atoms with E-state index >= 15 is 0 Å². The minimum atomic E-state index is -0.753. The summed E-state index contributed by atoms with van der Waals surface area (Å²) < 4.78 is 5.16. The number of hydrogen-bond donors (Lipinski definition) is 1. The van der Waals surface area contributed by atoms with Crippen molar-refractivity contribution in [3.63, 3.8) is 0 Å². The molecule has 0 bridgehead atoms. The number of aryl methyl sites for hydroxylation is 1. The molecule has 0 spiro atoms. The summed E-state index contributed by atoms with van der Waals surface area (Å²) >= 11 is 6.22. The third-order valence-electron chi connectivity index (χ3n) is 5.43. The van der Waals surface area contributed by atoms with Crippen LogP contribution in [0.1, 0.15) is 28.3 Å². The fourth-order valence-corrected chi connectivity index (χ4v) is 4.05. The zero-order chi connectivity index (χ0) is 22.8. The number of amides is 1. The number of ketones is 1. The Hall–Kier alpha value is -3.64. The second-order valence-electron chi connectivity index (χ2n) is 7.55. The van der Waals surface area contributed by atoms with Gasteiger partial charge < -0.3 is 14.7 Å². The molecule has 1 aliphatic rings. The van der Waals surface area contributed by atoms with Crippen LogP contribution >= 0.6 is 11.6 Å². The molecule has 2 aromatic carbocycles. The molecular formula is C25H21ClN2O4. The summed E-state index contributed by atoms with van der Waals surface area (Å²) in [5.41, 5.74) is 2.88. The van der Waals surface area contributed by atoms with Crippen LogP contribution in [0.4, 0.5) is 0 Å². The Morgan fingerprint density at radius 1 is 1.16 bits per heavy atom. The summed E-state index contributed by atoms with van der Waals surface area (Å²) in [6.45, 7) is 2.13. The zero-order valence-electron chi connectivity index (χ0n) is 17.6. The van der Waals surface area contributed by atoms with E-state index in [0.717, 1.165) is 16.7 Å². The predicted octanol–water partition coefficient (Wildman–Crippen LogP) is 4.67. The average molecular weight is 449 g/mol. The van der Waals surface area contributed by atoms with Crippen LogP contribution in [0.25, 0.3) is 5.76 Å². The van der Waals surface area contributed by atoms with E-state index in [1.54, 1.807) is 30.6 Å². The van der Waals surface area contributed by atoms with Gasteiger partial charge in [-0.2, -0.15) is 0 Å². The van der Waals surface area contributed by atoms with Crippen molar-refractivity contribution in [1.82, 2.24) is 9.88 Å². The molecule has 7 heteroatoms. The molecule has 2 heterocycles. The molecule has 3 aromatic rings. The number of benzene rings is 2. The minimum absolute atomic E-state index is 0.0176. The number of rotatable bonds is 5. The number of Topliss-reactive ketones (excluding diaryl/α,β-unsaturated/α-hetero) is 1. The van der Waals surface area contributed by atoms with Gasteiger partial charge >= 0.3 is 0 Å². The van der Waals surface area contributed by atoms with E-state index < -0.39 is 17.7 Å². The first-order valence-electron chi connectivity index (χ1n) is 9.98. The Balaban J connectivity index is 1.86. The highest BCUT2D eigenvalue weighted by molar-refractivity contribution is 6.46. The quantitative estimate of drug-likeness (QED) is 0.348. The summed E-state index contributed by atoms with van der Waals surface area (Å²) in [7, 11) is 1.49. The van der Waals surface area contributed by atoms with Crippen molar-refractivity contribution < 1.29 is 19.4 Å². The van der Waals surface area contributed by atoms with Crippen molar-refractivity contribution in [1.29, 1.82) is 0 Å². The maximum atomic E-state index is 13.1. The average Bonchev–Trinajstić information content (AvgIpc) is 3.04. The third kappa shape index (κ3) is 3.97. The molecule has 0 unspecified atom stereocenters. The largest absolute Gasteiger partial charge is 0.507 e. The number of aliphatic hydroxyl groups is 1. The molecule has 0 radical (unpaired) electrons. The second kappa shape index (κ2) is 8.85. The van der Waals surface area contributed by atoms with Crippen molar-refractivity contribution in [2.75, 3.05) is 7.11 Å². The number of nitrogens with zero attached hydrogens (tertiary/aromatic N) is 2. The first-order chi connectivity index (χ1) is 15.4. The lowest BCUT2D eigenvalue weighted by atomic mass is 9.94. The highest BCUT2D eigenvalue weighted by Crippen LogP contribution is 2.41. The van der Waals surface area contributed by atoms with Crippen LogP contribution in [0.3, 0.4) is 0 Å². The standard InChI is InChI=1S/C25H21ClN2O4/c1-15-5-7-17(8-6-15)22-21(23(29)18-9-10-20(32-2)19(26)12-18)24(30)25(31)28(22)14-16-4-3-11-27-13-16/h3-13,22,29H,14H2,1-2H3/t22-/m0/s1. The fraction of sp³-hybridized carbons (Fsp3) is 0.160. The molecule has 1 saturated heterocycles. The van der Waals surface area contributed by atoms with Gasteiger partial charge in [0.2, 0.25) is 0 Å². The lowest BCUT2D eigenvalue weighted by Crippen LogP contribution is -2.29. The molecule has 1 aromatic heterocycles. The number of halogens is 1. The number of aromatic nitrogens is 1. The topological polar surface area (TPSA) is 79.7 Å². The lowest BCUT2D eigenvalue weighted by Gasteiger charge is -2.25. The molecule has 1 fully saturated rings. The lowest BCUT2D eigenvalue weighted by molar-refractivity contribution is -0.140. The molecule has 162 valence electrons. The first-order valence-corrected chi connectivity index (χ1v) is 10.4. The van der Waals surface area contributed by atoms with Gasteiger partial charge in [0.25, 0.3) is 11.7 Å². The van der Waals surface area contributed by atoms with E-state index in [2.05, 4.69) is 4.98 Å². The van der Waals surface area contributed by atoms with Crippen molar-refractivity contribution in [2.45, 2.75) is 19.5 Å². The highest BCUT2D eigenvalue weighted by atomic mass is 35.5. The van der Waals surface area contributed by atoms with Crippen LogP contribution in [0, 0.1) is 6.92 Å². The van der Waals surface area contributed by atoms with Crippen molar-refractivity contribution in [2.24, 2.45) is 0 Å². The van der Waals surface area contributed by atoms with Gasteiger partial charge in [-0.3, -0.25) is 14.6 Å². The van der Waals surface area contributed by atoms with E-state index in [0.29, 0.717) is 11.3 Å². The molecular weight excluding hydrogens is 428 g/mol. The summed E-state index contributed by atoms with van der Waals surface area (Å²) in [6, 6.07) is 15.1. The molecule has 1 amide bonds. The summed E-state index contributed by atoms with van der Waals surface area (Å²) in [5, 5.41) is 11.4. The summed E-state index contributed by atoms with van der Waals surface area (Å²) in [6.07, 6.45) is 3.29. The van der Waals surface area contributed by atoms with Crippen LogP contribution < -0.4 is 4.74 Å². The maximum Gasteiger partial charge on any atom is 0.295 e.